The van der Waals surface area contributed by atoms with Crippen molar-refractivity contribution in [2.45, 2.75) is 26.2 Å². The van der Waals surface area contributed by atoms with E-state index in [9.17, 15) is 13.2 Å². The monoisotopic (exact) mass is 339 g/mol. The summed E-state index contributed by atoms with van der Waals surface area (Å²) in [5.74, 6) is -2.13. The van der Waals surface area contributed by atoms with Crippen molar-refractivity contribution in [2.24, 2.45) is 5.41 Å². The third-order valence-electron chi connectivity index (χ3n) is 4.56. The fourth-order valence-corrected chi connectivity index (χ4v) is 4.20. The number of sulfone groups is 1. The van der Waals surface area contributed by atoms with Crippen LogP contribution < -0.4 is 0 Å². The van der Waals surface area contributed by atoms with Crippen LogP contribution in [0.4, 0.5) is 0 Å². The Morgan fingerprint density at radius 2 is 2.00 bits per heavy atom. The molecule has 6 heteroatoms. The van der Waals surface area contributed by atoms with E-state index in [1.165, 1.54) is 5.56 Å². The quantitative estimate of drug-likeness (QED) is 0.782. The summed E-state index contributed by atoms with van der Waals surface area (Å²) in [5, 5.41) is 8.61. The fourth-order valence-electron chi connectivity index (χ4n) is 3.14. The highest BCUT2D eigenvalue weighted by molar-refractivity contribution is 7.92. The van der Waals surface area contributed by atoms with Crippen molar-refractivity contribution in [2.75, 3.05) is 31.1 Å². The van der Waals surface area contributed by atoms with Crippen LogP contribution in [0.5, 0.6) is 0 Å². The summed E-state index contributed by atoms with van der Waals surface area (Å²) in [4.78, 5) is 12.7. The molecular formula is C17H25NO4S. The SMILES string of the molecule is CC1(CCc2ccccc2)CCN(CCS(=O)(=O)CC(=O)O)C1. The maximum Gasteiger partial charge on any atom is 0.318 e. The number of likely N-dealkylation sites (tertiary alicyclic amines) is 1. The van der Waals surface area contributed by atoms with Gasteiger partial charge in [0.25, 0.3) is 0 Å². The Morgan fingerprint density at radius 3 is 2.65 bits per heavy atom. The van der Waals surface area contributed by atoms with Gasteiger partial charge in [0.1, 0.15) is 5.75 Å². The van der Waals surface area contributed by atoms with Crippen molar-refractivity contribution >= 4 is 15.8 Å². The second-order valence-corrected chi connectivity index (χ2v) is 8.99. The van der Waals surface area contributed by atoms with Gasteiger partial charge >= 0.3 is 5.97 Å². The van der Waals surface area contributed by atoms with Crippen LogP contribution in [-0.2, 0) is 21.1 Å². The van der Waals surface area contributed by atoms with Crippen LogP contribution in [0.2, 0.25) is 0 Å². The number of aryl methyl sites for hydroxylation is 1. The second kappa shape index (κ2) is 7.45. The molecule has 0 aromatic heterocycles. The molecule has 1 aliphatic rings. The zero-order valence-corrected chi connectivity index (χ0v) is 14.4. The molecule has 1 aliphatic heterocycles. The molecule has 0 saturated carbocycles. The summed E-state index contributed by atoms with van der Waals surface area (Å²) >= 11 is 0. The minimum Gasteiger partial charge on any atom is -0.480 e. The molecule has 0 spiro atoms. The Morgan fingerprint density at radius 1 is 1.30 bits per heavy atom. The van der Waals surface area contributed by atoms with E-state index in [0.29, 0.717) is 6.54 Å². The first-order valence-corrected chi connectivity index (χ1v) is 9.79. The van der Waals surface area contributed by atoms with Crippen molar-refractivity contribution in [3.05, 3.63) is 35.9 Å². The molecule has 1 aromatic carbocycles. The van der Waals surface area contributed by atoms with Crippen LogP contribution in [0.1, 0.15) is 25.3 Å². The van der Waals surface area contributed by atoms with E-state index in [1.54, 1.807) is 0 Å². The van der Waals surface area contributed by atoms with E-state index in [0.717, 1.165) is 32.4 Å². The van der Waals surface area contributed by atoms with Gasteiger partial charge in [0.05, 0.1) is 5.75 Å². The predicted molar refractivity (Wildman–Crippen MR) is 90.2 cm³/mol. The second-order valence-electron chi connectivity index (χ2n) is 6.81. The van der Waals surface area contributed by atoms with Gasteiger partial charge < -0.3 is 10.0 Å². The van der Waals surface area contributed by atoms with E-state index >= 15 is 0 Å². The molecule has 5 nitrogen and oxygen atoms in total. The largest absolute Gasteiger partial charge is 0.480 e. The lowest BCUT2D eigenvalue weighted by molar-refractivity contribution is -0.134. The average Bonchev–Trinajstić information content (AvgIpc) is 2.85. The van der Waals surface area contributed by atoms with Gasteiger partial charge in [0, 0.05) is 13.1 Å². The number of hydrogen-bond acceptors (Lipinski definition) is 4. The van der Waals surface area contributed by atoms with E-state index in [4.69, 9.17) is 5.11 Å². The maximum atomic E-state index is 11.7. The van der Waals surface area contributed by atoms with Gasteiger partial charge in [-0.1, -0.05) is 37.3 Å². The molecule has 1 fully saturated rings. The number of carboxylic acid groups (broad SMARTS) is 1. The highest BCUT2D eigenvalue weighted by Crippen LogP contribution is 2.34. The minimum absolute atomic E-state index is 0.0753. The molecule has 1 unspecified atom stereocenters. The molecular weight excluding hydrogens is 314 g/mol. The van der Waals surface area contributed by atoms with Crippen LogP contribution in [0.15, 0.2) is 30.3 Å². The molecule has 1 heterocycles. The summed E-state index contributed by atoms with van der Waals surface area (Å²) in [6.07, 6.45) is 3.16. The van der Waals surface area contributed by atoms with Crippen molar-refractivity contribution in [3.8, 4) is 0 Å². The molecule has 1 aromatic rings. The smallest absolute Gasteiger partial charge is 0.318 e. The highest BCUT2D eigenvalue weighted by Gasteiger charge is 2.33. The third-order valence-corrected chi connectivity index (χ3v) is 6.05. The normalized spacial score (nSPS) is 22.3. The summed E-state index contributed by atoms with van der Waals surface area (Å²) in [7, 11) is -3.50. The molecule has 128 valence electrons. The first kappa shape index (κ1) is 17.9. The van der Waals surface area contributed by atoms with Crippen molar-refractivity contribution < 1.29 is 18.3 Å². The minimum atomic E-state index is -3.50. The average molecular weight is 339 g/mol. The maximum absolute atomic E-state index is 11.7. The van der Waals surface area contributed by atoms with Crippen LogP contribution >= 0.6 is 0 Å². The van der Waals surface area contributed by atoms with Crippen LogP contribution in [0, 0.1) is 5.41 Å². The lowest BCUT2D eigenvalue weighted by Crippen LogP contribution is -2.31. The number of aliphatic carboxylic acids is 1. The molecule has 1 saturated heterocycles. The van der Waals surface area contributed by atoms with Gasteiger partial charge in [0.2, 0.25) is 0 Å². The molecule has 1 atom stereocenters. The summed E-state index contributed by atoms with van der Waals surface area (Å²) in [6.45, 7) is 4.44. The zero-order valence-electron chi connectivity index (χ0n) is 13.6. The van der Waals surface area contributed by atoms with E-state index in [2.05, 4.69) is 24.0 Å². The Bertz CT molecular complexity index is 629. The Kier molecular flexibility index (Phi) is 5.81. The van der Waals surface area contributed by atoms with Gasteiger partial charge in [-0.3, -0.25) is 4.79 Å². The van der Waals surface area contributed by atoms with E-state index in [1.807, 2.05) is 18.2 Å². The molecule has 0 bridgehead atoms. The van der Waals surface area contributed by atoms with Gasteiger partial charge in [-0.15, -0.1) is 0 Å². The van der Waals surface area contributed by atoms with E-state index in [-0.39, 0.29) is 11.2 Å². The predicted octanol–water partition coefficient (Wildman–Crippen LogP) is 1.83. The molecule has 2 rings (SSSR count). The van der Waals surface area contributed by atoms with Crippen molar-refractivity contribution in [1.29, 1.82) is 0 Å². The first-order valence-electron chi connectivity index (χ1n) is 7.97. The highest BCUT2D eigenvalue weighted by atomic mass is 32.2. The van der Waals surface area contributed by atoms with Crippen LogP contribution in [0.25, 0.3) is 0 Å². The van der Waals surface area contributed by atoms with Crippen LogP contribution in [-0.4, -0.2) is 55.5 Å². The Balaban J connectivity index is 1.79. The van der Waals surface area contributed by atoms with E-state index < -0.39 is 21.6 Å². The molecule has 23 heavy (non-hydrogen) atoms. The number of carboxylic acids is 1. The topological polar surface area (TPSA) is 74.7 Å². The van der Waals surface area contributed by atoms with Crippen LogP contribution in [0.3, 0.4) is 0 Å². The molecule has 1 N–H and O–H groups in total. The third kappa shape index (κ3) is 5.95. The molecule has 0 aliphatic carbocycles. The Labute approximate surface area is 138 Å². The standard InChI is InChI=1S/C17H25NO4S/c1-17(8-7-15-5-3-2-4-6-15)9-10-18(14-17)11-12-23(21,22)13-16(19)20/h2-6H,7-14H2,1H3,(H,19,20). The van der Waals surface area contributed by atoms with Crippen molar-refractivity contribution in [3.63, 3.8) is 0 Å². The Hall–Kier alpha value is -1.40. The summed E-state index contributed by atoms with van der Waals surface area (Å²) < 4.78 is 23.3. The number of nitrogens with zero attached hydrogens (tertiary/aromatic N) is 1. The first-order chi connectivity index (χ1) is 10.8. The number of benzene rings is 1. The zero-order chi connectivity index (χ0) is 16.9. The van der Waals surface area contributed by atoms with Gasteiger partial charge in [-0.2, -0.15) is 0 Å². The number of hydrogen-bond donors (Lipinski definition) is 1. The molecule has 0 amide bonds. The number of rotatable bonds is 8. The number of carbonyl (C=O) groups is 1. The summed E-state index contributed by atoms with van der Waals surface area (Å²) in [5.41, 5.74) is 1.53. The lowest BCUT2D eigenvalue weighted by atomic mass is 9.83. The van der Waals surface area contributed by atoms with Gasteiger partial charge in [-0.05, 0) is 36.8 Å². The summed E-state index contributed by atoms with van der Waals surface area (Å²) in [6, 6.07) is 10.4. The molecule has 0 radical (unpaired) electrons. The van der Waals surface area contributed by atoms with Gasteiger partial charge in [0.15, 0.2) is 9.84 Å². The van der Waals surface area contributed by atoms with Crippen molar-refractivity contribution in [1.82, 2.24) is 4.90 Å². The van der Waals surface area contributed by atoms with Gasteiger partial charge in [-0.25, -0.2) is 8.42 Å². The fraction of sp³-hybridized carbons (Fsp3) is 0.588. The lowest BCUT2D eigenvalue weighted by Gasteiger charge is -2.24.